The van der Waals surface area contributed by atoms with Crippen molar-refractivity contribution in [3.8, 4) is 0 Å². The summed E-state index contributed by atoms with van der Waals surface area (Å²) in [5.74, 6) is 0.164. The molecule has 46 heavy (non-hydrogen) atoms. The molecule has 5 aromatic rings. The Morgan fingerprint density at radius 1 is 0.674 bits per heavy atom. The topological polar surface area (TPSA) is 63.5 Å². The Balaban J connectivity index is 1.55. The molecule has 0 unspecified atom stereocenters. The van der Waals surface area contributed by atoms with E-state index in [1.807, 2.05) is 115 Å². The predicted molar refractivity (Wildman–Crippen MR) is 179 cm³/mol. The summed E-state index contributed by atoms with van der Waals surface area (Å²) in [5, 5.41) is 9.44. The molecular formula is C40H31N3O3. The number of benzene rings is 5. The van der Waals surface area contributed by atoms with Crippen molar-refractivity contribution in [2.24, 2.45) is 15.7 Å². The number of nitrogens with zero attached hydrogens (tertiary/aromatic N) is 3. The highest BCUT2D eigenvalue weighted by atomic mass is 16.7. The average Bonchev–Trinajstić information content (AvgIpc) is 3.73. The Morgan fingerprint density at radius 3 is 1.93 bits per heavy atom. The molecule has 0 radical (unpaired) electrons. The fraction of sp³-hybridized carbons (Fsp3) is 0.125. The van der Waals surface area contributed by atoms with Crippen LogP contribution in [0.15, 0.2) is 155 Å². The molecule has 0 saturated carbocycles. The lowest BCUT2D eigenvalue weighted by atomic mass is 9.66. The van der Waals surface area contributed by atoms with Crippen LogP contribution < -0.4 is 0 Å². The fourth-order valence-corrected chi connectivity index (χ4v) is 7.29. The third-order valence-corrected chi connectivity index (χ3v) is 9.42. The molecule has 3 aliphatic rings. The Bertz CT molecular complexity index is 2060. The molecule has 1 spiro atoms. The Labute approximate surface area is 267 Å². The van der Waals surface area contributed by atoms with E-state index in [9.17, 15) is 4.79 Å². The highest BCUT2D eigenvalue weighted by molar-refractivity contribution is 6.23. The molecule has 1 saturated heterocycles. The zero-order valence-electron chi connectivity index (χ0n) is 25.5. The summed E-state index contributed by atoms with van der Waals surface area (Å²) in [4.78, 5) is 29.8. The summed E-state index contributed by atoms with van der Waals surface area (Å²) < 4.78 is 0. The van der Waals surface area contributed by atoms with E-state index >= 15 is 0 Å². The normalized spacial score (nSPS) is 24.0. The van der Waals surface area contributed by atoms with Gasteiger partial charge in [0, 0.05) is 22.3 Å². The summed E-state index contributed by atoms with van der Waals surface area (Å²) in [7, 11) is 0. The number of hydrogen-bond acceptors (Lipinski definition) is 6. The van der Waals surface area contributed by atoms with Crippen molar-refractivity contribution < 1.29 is 14.5 Å². The van der Waals surface area contributed by atoms with Gasteiger partial charge < -0.3 is 9.68 Å². The second-order valence-corrected chi connectivity index (χ2v) is 11.9. The van der Waals surface area contributed by atoms with Gasteiger partial charge in [-0.25, -0.2) is 4.79 Å². The van der Waals surface area contributed by atoms with Gasteiger partial charge in [-0.2, -0.15) is 0 Å². The first-order valence-electron chi connectivity index (χ1n) is 15.4. The van der Waals surface area contributed by atoms with Gasteiger partial charge in [0.2, 0.25) is 0 Å². The lowest BCUT2D eigenvalue weighted by molar-refractivity contribution is -0.147. The van der Waals surface area contributed by atoms with E-state index in [1.54, 1.807) is 0 Å². The minimum absolute atomic E-state index is 0.458. The van der Waals surface area contributed by atoms with E-state index in [2.05, 4.69) is 54.2 Å². The van der Waals surface area contributed by atoms with Crippen molar-refractivity contribution in [2.45, 2.75) is 25.6 Å². The molecule has 3 heterocycles. The predicted octanol–water partition coefficient (Wildman–Crippen LogP) is 7.94. The van der Waals surface area contributed by atoms with Crippen LogP contribution in [0.2, 0.25) is 0 Å². The number of rotatable bonds is 5. The van der Waals surface area contributed by atoms with Crippen molar-refractivity contribution in [3.05, 3.63) is 184 Å². The van der Waals surface area contributed by atoms with Gasteiger partial charge in [0.05, 0.1) is 6.04 Å². The first-order chi connectivity index (χ1) is 22.6. The van der Waals surface area contributed by atoms with E-state index in [1.165, 1.54) is 0 Å². The van der Waals surface area contributed by atoms with Crippen molar-refractivity contribution in [1.82, 2.24) is 4.90 Å². The standard InChI is InChI=1S/C40H31N3O3/c1-27-16-12-14-22-31(27)26-34-39(35(41-45-38(39)44)29-18-6-3-7-19-29)36(33-25-15-13-17-28(33)2)43-37(30-20-8-4-9-21-30)42-46-40(34,43)32-23-10-5-11-24-32/h3-26,36H,1-2H3/b34-26+/t36-,39+,40+/m1/s1. The number of aryl methyl sites for hydroxylation is 2. The smallest absolute Gasteiger partial charge is 0.354 e. The molecule has 3 aliphatic heterocycles. The highest BCUT2D eigenvalue weighted by Crippen LogP contribution is 2.67. The molecule has 8 rings (SSSR count). The molecular weight excluding hydrogens is 570 g/mol. The first kappa shape index (κ1) is 27.8. The lowest BCUT2D eigenvalue weighted by Gasteiger charge is -2.36. The van der Waals surface area contributed by atoms with Crippen LogP contribution >= 0.6 is 0 Å². The average molecular weight is 602 g/mol. The van der Waals surface area contributed by atoms with Crippen LogP contribution in [0.3, 0.4) is 0 Å². The summed E-state index contributed by atoms with van der Waals surface area (Å²) >= 11 is 0. The molecule has 224 valence electrons. The van der Waals surface area contributed by atoms with Crippen LogP contribution in [-0.2, 0) is 20.2 Å². The third kappa shape index (κ3) is 3.86. The van der Waals surface area contributed by atoms with Crippen LogP contribution in [0.5, 0.6) is 0 Å². The number of amidine groups is 1. The van der Waals surface area contributed by atoms with Crippen LogP contribution in [0.4, 0.5) is 0 Å². The second-order valence-electron chi connectivity index (χ2n) is 11.9. The van der Waals surface area contributed by atoms with E-state index in [4.69, 9.17) is 14.8 Å². The number of fused-ring (bicyclic) bond motifs is 1. The molecule has 0 aliphatic carbocycles. The van der Waals surface area contributed by atoms with Gasteiger partial charge in [-0.15, -0.1) is 0 Å². The van der Waals surface area contributed by atoms with Gasteiger partial charge in [0.1, 0.15) is 5.71 Å². The van der Waals surface area contributed by atoms with Crippen LogP contribution in [0, 0.1) is 19.3 Å². The Hall–Kier alpha value is -5.75. The van der Waals surface area contributed by atoms with Gasteiger partial charge in [-0.1, -0.05) is 150 Å². The molecule has 3 atom stereocenters. The van der Waals surface area contributed by atoms with E-state index in [0.717, 1.165) is 38.9 Å². The number of oxime groups is 2. The van der Waals surface area contributed by atoms with Crippen molar-refractivity contribution in [3.63, 3.8) is 0 Å². The maximum absolute atomic E-state index is 14.9. The summed E-state index contributed by atoms with van der Waals surface area (Å²) in [5.41, 5.74) is 4.99. The minimum Gasteiger partial charge on any atom is -0.355 e. The van der Waals surface area contributed by atoms with Crippen molar-refractivity contribution in [1.29, 1.82) is 0 Å². The Kier molecular flexibility index (Phi) is 6.46. The molecule has 1 fully saturated rings. The molecule has 0 amide bonds. The molecule has 6 nitrogen and oxygen atoms in total. The van der Waals surface area contributed by atoms with E-state index in [0.29, 0.717) is 17.1 Å². The van der Waals surface area contributed by atoms with Gasteiger partial charge in [-0.3, -0.25) is 4.90 Å². The largest absolute Gasteiger partial charge is 0.355 e. The van der Waals surface area contributed by atoms with Gasteiger partial charge in [0.15, 0.2) is 11.3 Å². The number of carbonyl (C=O) groups is 1. The molecule has 5 aromatic carbocycles. The van der Waals surface area contributed by atoms with Crippen molar-refractivity contribution >= 4 is 23.6 Å². The SMILES string of the molecule is Cc1ccccc1/C=C1\[C@@]2(C(=O)ON=C2c2ccccc2)[C@@H](c2ccccc2C)N2C(c3ccccc3)=NO[C@@]12c1ccccc1. The maximum atomic E-state index is 14.9. The first-order valence-corrected chi connectivity index (χ1v) is 15.4. The molecule has 0 N–H and O–H groups in total. The van der Waals surface area contributed by atoms with E-state index < -0.39 is 23.2 Å². The van der Waals surface area contributed by atoms with Gasteiger partial charge >= 0.3 is 5.97 Å². The highest BCUT2D eigenvalue weighted by Gasteiger charge is 2.76. The zero-order chi connectivity index (χ0) is 31.3. The van der Waals surface area contributed by atoms with Gasteiger partial charge in [0.25, 0.3) is 5.72 Å². The monoisotopic (exact) mass is 601 g/mol. The quantitative estimate of drug-likeness (QED) is 0.192. The Morgan fingerprint density at radius 2 is 1.26 bits per heavy atom. The van der Waals surface area contributed by atoms with Crippen LogP contribution in [-0.4, -0.2) is 22.4 Å². The second kappa shape index (κ2) is 10.7. The molecule has 0 bridgehead atoms. The van der Waals surface area contributed by atoms with E-state index in [-0.39, 0.29) is 0 Å². The zero-order valence-corrected chi connectivity index (χ0v) is 25.5. The van der Waals surface area contributed by atoms with Crippen LogP contribution in [0.25, 0.3) is 6.08 Å². The third-order valence-electron chi connectivity index (χ3n) is 9.42. The van der Waals surface area contributed by atoms with Crippen LogP contribution in [0.1, 0.15) is 45.0 Å². The minimum atomic E-state index is -1.42. The van der Waals surface area contributed by atoms with Crippen molar-refractivity contribution in [2.75, 3.05) is 0 Å². The summed E-state index contributed by atoms with van der Waals surface area (Å²) in [6.07, 6.45) is 2.10. The summed E-state index contributed by atoms with van der Waals surface area (Å²) in [6.45, 7) is 4.15. The number of carbonyl (C=O) groups excluding carboxylic acids is 1. The molecule has 6 heteroatoms. The summed E-state index contributed by atoms with van der Waals surface area (Å²) in [6, 6.07) is 45.6. The van der Waals surface area contributed by atoms with Gasteiger partial charge in [-0.05, 0) is 42.2 Å². The molecule has 0 aromatic heterocycles. The maximum Gasteiger partial charge on any atom is 0.354 e. The number of hydrogen-bond donors (Lipinski definition) is 0. The lowest BCUT2D eigenvalue weighted by Crippen LogP contribution is -2.45. The fourth-order valence-electron chi connectivity index (χ4n) is 7.29.